The van der Waals surface area contributed by atoms with Gasteiger partial charge in [0.15, 0.2) is 0 Å². The van der Waals surface area contributed by atoms with Gasteiger partial charge in [0.2, 0.25) is 5.91 Å². The number of aryl methyl sites for hydroxylation is 2. The minimum absolute atomic E-state index is 0.0761. The molecule has 6 heteroatoms. The lowest BCUT2D eigenvalue weighted by Gasteiger charge is -2.12. The fraction of sp³-hybridized carbons (Fsp3) is 0.412. The summed E-state index contributed by atoms with van der Waals surface area (Å²) in [6.45, 7) is 8.72. The van der Waals surface area contributed by atoms with Crippen LogP contribution in [-0.2, 0) is 17.9 Å². The summed E-state index contributed by atoms with van der Waals surface area (Å²) in [4.78, 5) is 11.2. The van der Waals surface area contributed by atoms with Crippen molar-refractivity contribution in [1.82, 2.24) is 9.78 Å². The molecule has 1 aromatic carbocycles. The number of aliphatic hydroxyl groups excluding tert-OH is 1. The Kier molecular flexibility index (Phi) is 5.39. The first kappa shape index (κ1) is 17.0. The van der Waals surface area contributed by atoms with Crippen molar-refractivity contribution in [2.75, 3.05) is 17.2 Å². The zero-order valence-electron chi connectivity index (χ0n) is 14.1. The topological polar surface area (TPSA) is 79.2 Å². The largest absolute Gasteiger partial charge is 0.394 e. The quantitative estimate of drug-likeness (QED) is 0.764. The van der Waals surface area contributed by atoms with Crippen LogP contribution in [0.5, 0.6) is 0 Å². The fourth-order valence-corrected chi connectivity index (χ4v) is 2.58. The minimum Gasteiger partial charge on any atom is -0.394 e. The Morgan fingerprint density at radius 3 is 2.70 bits per heavy atom. The standard InChI is InChI=1S/C17H24N4O2/c1-11-5-6-15(19-14(4)23)9-17(11)18-10-16-12(2)20-21(7-8-22)13(16)3/h5-6,9,18,22H,7-8,10H2,1-4H3,(H,19,23). The van der Waals surface area contributed by atoms with Gasteiger partial charge in [0.1, 0.15) is 0 Å². The SMILES string of the molecule is CC(=O)Nc1ccc(C)c(NCc2c(C)nn(CCO)c2C)c1. The molecule has 6 nitrogen and oxygen atoms in total. The van der Waals surface area contributed by atoms with Crippen LogP contribution in [0.15, 0.2) is 18.2 Å². The van der Waals surface area contributed by atoms with Crippen LogP contribution >= 0.6 is 0 Å². The molecule has 2 rings (SSSR count). The maximum Gasteiger partial charge on any atom is 0.221 e. The molecule has 2 aromatic rings. The highest BCUT2D eigenvalue weighted by molar-refractivity contribution is 5.89. The van der Waals surface area contributed by atoms with Gasteiger partial charge in [-0.3, -0.25) is 9.48 Å². The van der Waals surface area contributed by atoms with E-state index in [2.05, 4.69) is 15.7 Å². The Balaban J connectivity index is 2.16. The monoisotopic (exact) mass is 316 g/mol. The molecule has 23 heavy (non-hydrogen) atoms. The number of rotatable bonds is 6. The van der Waals surface area contributed by atoms with Gasteiger partial charge in [-0.25, -0.2) is 0 Å². The molecule has 3 N–H and O–H groups in total. The van der Waals surface area contributed by atoms with E-state index in [1.165, 1.54) is 6.92 Å². The smallest absolute Gasteiger partial charge is 0.221 e. The van der Waals surface area contributed by atoms with E-state index in [0.717, 1.165) is 33.9 Å². The summed E-state index contributed by atoms with van der Waals surface area (Å²) in [6, 6.07) is 5.79. The van der Waals surface area contributed by atoms with Crippen LogP contribution in [0.1, 0.15) is 29.4 Å². The van der Waals surface area contributed by atoms with Crippen molar-refractivity contribution >= 4 is 17.3 Å². The van der Waals surface area contributed by atoms with E-state index in [9.17, 15) is 4.79 Å². The number of nitrogens with one attached hydrogen (secondary N) is 2. The van der Waals surface area contributed by atoms with Crippen molar-refractivity contribution in [3.05, 3.63) is 40.7 Å². The summed E-state index contributed by atoms with van der Waals surface area (Å²) >= 11 is 0. The average molecular weight is 316 g/mol. The van der Waals surface area contributed by atoms with E-state index in [-0.39, 0.29) is 12.5 Å². The van der Waals surface area contributed by atoms with E-state index in [4.69, 9.17) is 5.11 Å². The Hall–Kier alpha value is -2.34. The van der Waals surface area contributed by atoms with Gasteiger partial charge in [0, 0.05) is 36.1 Å². The lowest BCUT2D eigenvalue weighted by molar-refractivity contribution is -0.114. The number of carbonyl (C=O) groups is 1. The van der Waals surface area contributed by atoms with Crippen LogP contribution in [0, 0.1) is 20.8 Å². The van der Waals surface area contributed by atoms with Gasteiger partial charge < -0.3 is 15.7 Å². The number of hydrogen-bond acceptors (Lipinski definition) is 4. The Morgan fingerprint density at radius 2 is 2.04 bits per heavy atom. The van der Waals surface area contributed by atoms with Gasteiger partial charge in [0.05, 0.1) is 18.8 Å². The van der Waals surface area contributed by atoms with Crippen molar-refractivity contribution in [3.63, 3.8) is 0 Å². The van der Waals surface area contributed by atoms with E-state index < -0.39 is 0 Å². The van der Waals surface area contributed by atoms with Gasteiger partial charge >= 0.3 is 0 Å². The van der Waals surface area contributed by atoms with E-state index >= 15 is 0 Å². The number of anilines is 2. The molecular weight excluding hydrogens is 292 g/mol. The predicted molar refractivity (Wildman–Crippen MR) is 91.6 cm³/mol. The van der Waals surface area contributed by atoms with Crippen molar-refractivity contribution in [2.45, 2.75) is 40.8 Å². The first-order valence-corrected chi connectivity index (χ1v) is 7.68. The van der Waals surface area contributed by atoms with Crippen LogP contribution in [0.2, 0.25) is 0 Å². The molecule has 0 atom stereocenters. The van der Waals surface area contributed by atoms with Gasteiger partial charge in [0.25, 0.3) is 0 Å². The zero-order chi connectivity index (χ0) is 17.0. The lowest BCUT2D eigenvalue weighted by Crippen LogP contribution is -2.08. The van der Waals surface area contributed by atoms with E-state index in [1.54, 1.807) is 0 Å². The number of aromatic nitrogens is 2. The number of benzene rings is 1. The molecular formula is C17H24N4O2. The molecule has 0 aliphatic carbocycles. The molecule has 1 aromatic heterocycles. The minimum atomic E-state index is -0.0863. The third-order valence-electron chi connectivity index (χ3n) is 3.86. The zero-order valence-corrected chi connectivity index (χ0v) is 14.1. The molecule has 0 spiro atoms. The summed E-state index contributed by atoms with van der Waals surface area (Å²) in [5.41, 5.74) is 6.00. The van der Waals surface area contributed by atoms with Crippen molar-refractivity contribution in [3.8, 4) is 0 Å². The molecule has 0 saturated heterocycles. The van der Waals surface area contributed by atoms with Gasteiger partial charge in [-0.05, 0) is 38.5 Å². The summed E-state index contributed by atoms with van der Waals surface area (Å²) in [5.74, 6) is -0.0863. The third kappa shape index (κ3) is 4.10. The van der Waals surface area contributed by atoms with Crippen LogP contribution in [-0.4, -0.2) is 27.4 Å². The number of hydrogen-bond donors (Lipinski definition) is 3. The molecule has 124 valence electrons. The Bertz CT molecular complexity index is 707. The van der Waals surface area contributed by atoms with Gasteiger partial charge in [-0.15, -0.1) is 0 Å². The van der Waals surface area contributed by atoms with Crippen molar-refractivity contribution < 1.29 is 9.90 Å². The highest BCUT2D eigenvalue weighted by Gasteiger charge is 2.11. The second-order valence-electron chi connectivity index (χ2n) is 5.66. The molecule has 0 radical (unpaired) electrons. The number of carbonyl (C=O) groups excluding carboxylic acids is 1. The highest BCUT2D eigenvalue weighted by atomic mass is 16.3. The van der Waals surface area contributed by atoms with Crippen LogP contribution < -0.4 is 10.6 Å². The van der Waals surface area contributed by atoms with Crippen molar-refractivity contribution in [2.24, 2.45) is 0 Å². The Labute approximate surface area is 136 Å². The molecule has 0 fully saturated rings. The van der Waals surface area contributed by atoms with E-state index in [0.29, 0.717) is 13.1 Å². The fourth-order valence-electron chi connectivity index (χ4n) is 2.58. The van der Waals surface area contributed by atoms with Crippen LogP contribution in [0.3, 0.4) is 0 Å². The van der Waals surface area contributed by atoms with Crippen LogP contribution in [0.25, 0.3) is 0 Å². The second kappa shape index (κ2) is 7.28. The van der Waals surface area contributed by atoms with Gasteiger partial charge in [-0.1, -0.05) is 6.07 Å². The molecule has 0 aliphatic heterocycles. The number of aliphatic hydroxyl groups is 1. The predicted octanol–water partition coefficient (Wildman–Crippen LogP) is 2.37. The summed E-state index contributed by atoms with van der Waals surface area (Å²) in [7, 11) is 0. The maximum atomic E-state index is 11.2. The molecule has 0 unspecified atom stereocenters. The lowest BCUT2D eigenvalue weighted by atomic mass is 10.1. The average Bonchev–Trinajstić information content (AvgIpc) is 2.74. The molecule has 1 amide bonds. The molecule has 0 aliphatic rings. The van der Waals surface area contributed by atoms with E-state index in [1.807, 2.05) is 43.7 Å². The molecule has 0 saturated carbocycles. The molecule has 0 bridgehead atoms. The second-order valence-corrected chi connectivity index (χ2v) is 5.66. The summed E-state index contributed by atoms with van der Waals surface area (Å²) in [6.07, 6.45) is 0. The normalized spacial score (nSPS) is 10.7. The van der Waals surface area contributed by atoms with Gasteiger partial charge in [-0.2, -0.15) is 5.10 Å². The third-order valence-corrected chi connectivity index (χ3v) is 3.86. The number of amides is 1. The molecule has 1 heterocycles. The highest BCUT2D eigenvalue weighted by Crippen LogP contribution is 2.22. The van der Waals surface area contributed by atoms with Crippen LogP contribution in [0.4, 0.5) is 11.4 Å². The summed E-state index contributed by atoms with van der Waals surface area (Å²) < 4.78 is 1.83. The number of nitrogens with zero attached hydrogens (tertiary/aromatic N) is 2. The Morgan fingerprint density at radius 1 is 1.30 bits per heavy atom. The maximum absolute atomic E-state index is 11.2. The first-order chi connectivity index (χ1) is 10.9. The van der Waals surface area contributed by atoms with Crippen molar-refractivity contribution in [1.29, 1.82) is 0 Å². The first-order valence-electron chi connectivity index (χ1n) is 7.68. The summed E-state index contributed by atoms with van der Waals surface area (Å²) in [5, 5.41) is 19.7.